The molecule has 45 heavy (non-hydrogen) atoms. The highest BCUT2D eigenvalue weighted by Gasteiger charge is 2.38. The van der Waals surface area contributed by atoms with Gasteiger partial charge in [-0.2, -0.15) is 0 Å². The average molecular weight is 661 g/mol. The first-order valence-electron chi connectivity index (χ1n) is 14.5. The van der Waals surface area contributed by atoms with Crippen molar-refractivity contribution in [1.29, 1.82) is 0 Å². The van der Waals surface area contributed by atoms with Crippen molar-refractivity contribution in [3.05, 3.63) is 74.1 Å². The second kappa shape index (κ2) is 14.3. The number of aromatic nitrogens is 3. The third kappa shape index (κ3) is 6.76. The molecule has 1 fully saturated rings. The molecule has 15 heteroatoms. The molecule has 0 bridgehead atoms. The molecule has 0 radical (unpaired) electrons. The quantitative estimate of drug-likeness (QED) is 0.227. The number of aliphatic imine (C=N–C) groups is 1. The van der Waals surface area contributed by atoms with Gasteiger partial charge in [0.2, 0.25) is 5.95 Å². The summed E-state index contributed by atoms with van der Waals surface area (Å²) in [6, 6.07) is 1.20. The number of halogens is 3. The minimum atomic E-state index is -1.23. The molecule has 1 unspecified atom stereocenters. The summed E-state index contributed by atoms with van der Waals surface area (Å²) in [6.07, 6.45) is 4.16. The summed E-state index contributed by atoms with van der Waals surface area (Å²) in [6.45, 7) is 6.73. The highest BCUT2D eigenvalue weighted by atomic mass is 35.5. The molecule has 11 nitrogen and oxygen atoms in total. The predicted octanol–water partition coefficient (Wildman–Crippen LogP) is 5.27. The number of piperidine rings is 1. The van der Waals surface area contributed by atoms with Crippen LogP contribution in [0.5, 0.6) is 5.75 Å². The van der Waals surface area contributed by atoms with Gasteiger partial charge in [-0.1, -0.05) is 17.7 Å². The fraction of sp³-hybridized carbons (Fsp3) is 0.400. The van der Waals surface area contributed by atoms with Gasteiger partial charge in [-0.05, 0) is 39.7 Å². The Labute approximate surface area is 267 Å². The zero-order valence-corrected chi connectivity index (χ0v) is 26.4. The zero-order valence-electron chi connectivity index (χ0n) is 24.8. The summed E-state index contributed by atoms with van der Waals surface area (Å²) < 4.78 is 44.9. The standard InChI is InChI=1S/C30H31ClF2N6O5S/c1-4-42-19-15-35-30(38-25(19)29(41)44-6-3)39-12-9-16(10-13-39)23-20(28(40)43-5-2)24(17-7-8-18(32)22(33)21(17)31)37-26(36-23)27-34-11-14-45-27/h7-8,11,14-16,24H,4-6,9-10,12-13H2,1-3H3,(H,36,37). The molecule has 2 aromatic heterocycles. The van der Waals surface area contributed by atoms with Gasteiger partial charge in [0.25, 0.3) is 0 Å². The van der Waals surface area contributed by atoms with Gasteiger partial charge in [0, 0.05) is 41.8 Å². The van der Waals surface area contributed by atoms with E-state index in [1.165, 1.54) is 23.6 Å². The van der Waals surface area contributed by atoms with Crippen LogP contribution in [0, 0.1) is 17.6 Å². The van der Waals surface area contributed by atoms with Gasteiger partial charge in [-0.3, -0.25) is 4.99 Å². The van der Waals surface area contributed by atoms with E-state index in [9.17, 15) is 18.4 Å². The number of benzene rings is 1. The number of hydrogen-bond acceptors (Lipinski definition) is 12. The van der Waals surface area contributed by atoms with Crippen LogP contribution in [0.4, 0.5) is 14.7 Å². The Morgan fingerprint density at radius 1 is 1.07 bits per heavy atom. The number of nitrogens with zero attached hydrogens (tertiary/aromatic N) is 5. The maximum atomic E-state index is 14.7. The minimum Gasteiger partial charge on any atom is -0.490 e. The monoisotopic (exact) mass is 660 g/mol. The number of anilines is 1. The average Bonchev–Trinajstić information content (AvgIpc) is 3.59. The van der Waals surface area contributed by atoms with Crippen molar-refractivity contribution in [1.82, 2.24) is 20.3 Å². The predicted molar refractivity (Wildman–Crippen MR) is 164 cm³/mol. The molecule has 0 aliphatic carbocycles. The number of nitrogens with one attached hydrogen (secondary N) is 1. The summed E-state index contributed by atoms with van der Waals surface area (Å²) in [5, 5.41) is 5.17. The number of rotatable bonds is 10. The Morgan fingerprint density at radius 3 is 2.47 bits per heavy atom. The number of allylic oxidation sites excluding steroid dienone is 1. The molecule has 3 aromatic rings. The molecule has 0 amide bonds. The van der Waals surface area contributed by atoms with Crippen molar-refractivity contribution in [3.8, 4) is 5.75 Å². The molecule has 4 heterocycles. The van der Waals surface area contributed by atoms with Gasteiger partial charge in [-0.25, -0.2) is 33.3 Å². The molecule has 1 atom stereocenters. The lowest BCUT2D eigenvalue weighted by Crippen LogP contribution is -2.42. The van der Waals surface area contributed by atoms with Crippen LogP contribution in [0.2, 0.25) is 5.02 Å². The summed E-state index contributed by atoms with van der Waals surface area (Å²) >= 11 is 7.63. The number of hydrogen-bond donors (Lipinski definition) is 1. The van der Waals surface area contributed by atoms with Crippen LogP contribution in [0.1, 0.15) is 60.7 Å². The lowest BCUT2D eigenvalue weighted by atomic mass is 9.85. The van der Waals surface area contributed by atoms with Gasteiger partial charge in [0.1, 0.15) is 6.04 Å². The molecule has 2 aliphatic heterocycles. The SMILES string of the molecule is CCOC(=O)C1=C(C2CCN(c3ncc(OCC)c(C(=O)OCC)n3)CC2)NC(c2nccs2)=NC1c1ccc(F)c(F)c1Cl. The Balaban J connectivity index is 1.50. The molecule has 1 saturated heterocycles. The highest BCUT2D eigenvalue weighted by Crippen LogP contribution is 2.41. The molecule has 238 valence electrons. The number of carbonyl (C=O) groups excluding carboxylic acids is 2. The molecule has 0 saturated carbocycles. The van der Waals surface area contributed by atoms with Gasteiger partial charge in [-0.15, -0.1) is 11.3 Å². The fourth-order valence-electron chi connectivity index (χ4n) is 5.24. The lowest BCUT2D eigenvalue weighted by molar-refractivity contribution is -0.139. The number of esters is 2. The van der Waals surface area contributed by atoms with E-state index >= 15 is 0 Å². The van der Waals surface area contributed by atoms with Crippen LogP contribution in [-0.4, -0.2) is 65.6 Å². The molecule has 2 aliphatic rings. The van der Waals surface area contributed by atoms with Gasteiger partial charge >= 0.3 is 11.9 Å². The normalized spacial score (nSPS) is 17.1. The maximum Gasteiger partial charge on any atom is 0.361 e. The van der Waals surface area contributed by atoms with Crippen molar-refractivity contribution in [3.63, 3.8) is 0 Å². The second-order valence-corrected chi connectivity index (χ2v) is 11.2. The van der Waals surface area contributed by atoms with E-state index in [-0.39, 0.29) is 41.7 Å². The number of thiazole rings is 1. The largest absolute Gasteiger partial charge is 0.490 e. The van der Waals surface area contributed by atoms with Crippen LogP contribution in [0.25, 0.3) is 0 Å². The summed E-state index contributed by atoms with van der Waals surface area (Å²) in [4.78, 5) is 46.0. The van der Waals surface area contributed by atoms with E-state index in [0.29, 0.717) is 55.0 Å². The van der Waals surface area contributed by atoms with E-state index < -0.39 is 34.6 Å². The van der Waals surface area contributed by atoms with Gasteiger partial charge < -0.3 is 24.4 Å². The van der Waals surface area contributed by atoms with Crippen LogP contribution in [-0.2, 0) is 14.3 Å². The van der Waals surface area contributed by atoms with E-state index in [0.717, 1.165) is 6.07 Å². The highest BCUT2D eigenvalue weighted by molar-refractivity contribution is 7.11. The van der Waals surface area contributed by atoms with Crippen LogP contribution in [0.15, 0.2) is 46.2 Å². The fourth-order valence-corrected chi connectivity index (χ4v) is 6.08. The molecule has 1 N–H and O–H groups in total. The molecule has 5 rings (SSSR count). The first-order valence-corrected chi connectivity index (χ1v) is 15.7. The van der Waals surface area contributed by atoms with Crippen molar-refractivity contribution < 1.29 is 32.6 Å². The number of carbonyl (C=O) groups is 2. The van der Waals surface area contributed by atoms with Crippen molar-refractivity contribution in [2.45, 2.75) is 39.7 Å². The lowest BCUT2D eigenvalue weighted by Gasteiger charge is -2.36. The van der Waals surface area contributed by atoms with Crippen LogP contribution >= 0.6 is 22.9 Å². The van der Waals surface area contributed by atoms with Crippen molar-refractivity contribution in [2.24, 2.45) is 10.9 Å². The third-order valence-electron chi connectivity index (χ3n) is 7.26. The summed E-state index contributed by atoms with van der Waals surface area (Å²) in [5.41, 5.74) is 0.866. The minimum absolute atomic E-state index is 0.0441. The topological polar surface area (TPSA) is 128 Å². The van der Waals surface area contributed by atoms with Crippen molar-refractivity contribution in [2.75, 3.05) is 37.8 Å². The molecule has 0 spiro atoms. The third-order valence-corrected chi connectivity index (χ3v) is 8.43. The maximum absolute atomic E-state index is 14.7. The Morgan fingerprint density at radius 2 is 1.80 bits per heavy atom. The molecular formula is C30H31ClF2N6O5S. The molecular weight excluding hydrogens is 630 g/mol. The van der Waals surface area contributed by atoms with Crippen molar-refractivity contribution >= 4 is 46.7 Å². The van der Waals surface area contributed by atoms with E-state index in [1.54, 1.807) is 32.3 Å². The van der Waals surface area contributed by atoms with Gasteiger partial charge in [0.05, 0.1) is 36.6 Å². The van der Waals surface area contributed by atoms with Crippen LogP contribution < -0.4 is 15.0 Å². The number of ether oxygens (including phenoxy) is 3. The Kier molecular flexibility index (Phi) is 10.2. The van der Waals surface area contributed by atoms with Gasteiger partial charge in [0.15, 0.2) is 33.9 Å². The number of amidine groups is 1. The van der Waals surface area contributed by atoms with Crippen LogP contribution in [0.3, 0.4) is 0 Å². The first-order chi connectivity index (χ1) is 21.8. The summed E-state index contributed by atoms with van der Waals surface area (Å²) in [7, 11) is 0. The smallest absolute Gasteiger partial charge is 0.361 e. The second-order valence-electron chi connectivity index (χ2n) is 9.95. The van der Waals surface area contributed by atoms with E-state index in [1.807, 2.05) is 4.90 Å². The zero-order chi connectivity index (χ0) is 32.1. The molecule has 1 aromatic carbocycles. The Hall–Kier alpha value is -4.17. The Bertz CT molecular complexity index is 1630. The van der Waals surface area contributed by atoms with E-state index in [4.69, 9.17) is 30.8 Å². The van der Waals surface area contributed by atoms with E-state index in [2.05, 4.69) is 20.3 Å². The summed E-state index contributed by atoms with van der Waals surface area (Å²) in [5.74, 6) is -2.85. The first kappa shape index (κ1) is 32.2.